The highest BCUT2D eigenvalue weighted by Gasteiger charge is 2.31. The first-order valence-electron chi connectivity index (χ1n) is 8.00. The highest BCUT2D eigenvalue weighted by molar-refractivity contribution is 5.86. The molecule has 0 radical (unpaired) electrons. The third-order valence-corrected chi connectivity index (χ3v) is 4.28. The first-order valence-corrected chi connectivity index (χ1v) is 8.00. The molecule has 2 unspecified atom stereocenters. The van der Waals surface area contributed by atoms with E-state index in [-0.39, 0.29) is 12.5 Å². The number of nitrogens with zero attached hydrogens (tertiary/aromatic N) is 2. The van der Waals surface area contributed by atoms with Gasteiger partial charge in [-0.3, -0.25) is 14.7 Å². The first-order chi connectivity index (χ1) is 9.99. The fourth-order valence-corrected chi connectivity index (χ4v) is 2.65. The van der Waals surface area contributed by atoms with Crippen molar-refractivity contribution < 1.29 is 4.79 Å². The molecule has 3 N–H and O–H groups in total. The molecular formula is C15H29N5O. The zero-order valence-electron chi connectivity index (χ0n) is 13.6. The minimum Gasteiger partial charge on any atom is -0.352 e. The predicted octanol–water partition coefficient (Wildman–Crippen LogP) is 0.159. The normalized spacial score (nSPS) is 27.0. The fraction of sp³-hybridized carbons (Fsp3) is 0.867. The van der Waals surface area contributed by atoms with Crippen molar-refractivity contribution in [2.75, 3.05) is 26.7 Å². The number of carbonyl (C=O) groups excluding carboxylic acids is 1. The van der Waals surface area contributed by atoms with Gasteiger partial charge in [0.05, 0.1) is 6.54 Å². The molecule has 1 saturated carbocycles. The summed E-state index contributed by atoms with van der Waals surface area (Å²) in [5.41, 5.74) is 0. The Hall–Kier alpha value is -1.30. The maximum absolute atomic E-state index is 11.7. The lowest BCUT2D eigenvalue weighted by molar-refractivity contribution is -0.120. The van der Waals surface area contributed by atoms with Crippen LogP contribution >= 0.6 is 0 Å². The molecule has 0 aromatic rings. The van der Waals surface area contributed by atoms with Gasteiger partial charge in [-0.2, -0.15) is 0 Å². The minimum absolute atomic E-state index is 0.0451. The Bertz CT molecular complexity index is 392. The van der Waals surface area contributed by atoms with Crippen molar-refractivity contribution in [3.05, 3.63) is 0 Å². The molecule has 1 saturated heterocycles. The molecular weight excluding hydrogens is 266 g/mol. The van der Waals surface area contributed by atoms with E-state index in [0.717, 1.165) is 25.9 Å². The summed E-state index contributed by atoms with van der Waals surface area (Å²) in [5, 5.41) is 9.51. The highest BCUT2D eigenvalue weighted by atomic mass is 16.2. The maximum atomic E-state index is 11.7. The van der Waals surface area contributed by atoms with Gasteiger partial charge in [-0.15, -0.1) is 0 Å². The minimum atomic E-state index is 0.0451. The second-order valence-electron chi connectivity index (χ2n) is 6.54. The Kier molecular flexibility index (Phi) is 5.45. The summed E-state index contributed by atoms with van der Waals surface area (Å²) in [6, 6.07) is 1.35. The Balaban J connectivity index is 1.75. The average molecular weight is 295 g/mol. The van der Waals surface area contributed by atoms with Crippen molar-refractivity contribution in [3.63, 3.8) is 0 Å². The quantitative estimate of drug-likeness (QED) is 0.499. The van der Waals surface area contributed by atoms with Crippen molar-refractivity contribution in [2.45, 2.75) is 51.7 Å². The van der Waals surface area contributed by atoms with Gasteiger partial charge < -0.3 is 16.0 Å². The zero-order chi connectivity index (χ0) is 15.4. The van der Waals surface area contributed by atoms with E-state index in [1.54, 1.807) is 7.05 Å². The standard InChI is InChI=1S/C15H29N5O/c1-10(2)20-8-11(3)13(9-20)19-15(16-4)17-7-14(21)18-12-5-6-12/h10-13H,5-9H2,1-4H3,(H,18,21)(H2,16,17,19). The predicted molar refractivity (Wildman–Crippen MR) is 85.3 cm³/mol. The molecule has 0 aromatic heterocycles. The lowest BCUT2D eigenvalue weighted by Crippen LogP contribution is -2.49. The van der Waals surface area contributed by atoms with Gasteiger partial charge in [-0.25, -0.2) is 0 Å². The van der Waals surface area contributed by atoms with Crippen molar-refractivity contribution in [2.24, 2.45) is 10.9 Å². The maximum Gasteiger partial charge on any atom is 0.239 e. The summed E-state index contributed by atoms with van der Waals surface area (Å²) in [4.78, 5) is 18.4. The Morgan fingerprint density at radius 3 is 2.52 bits per heavy atom. The molecule has 0 aromatic carbocycles. The zero-order valence-corrected chi connectivity index (χ0v) is 13.6. The van der Waals surface area contributed by atoms with Crippen LogP contribution in [0.2, 0.25) is 0 Å². The summed E-state index contributed by atoms with van der Waals surface area (Å²) in [6.45, 7) is 9.12. The number of amides is 1. The molecule has 2 rings (SSSR count). The number of hydrogen-bond donors (Lipinski definition) is 3. The number of rotatable bonds is 5. The Morgan fingerprint density at radius 2 is 2.00 bits per heavy atom. The molecule has 6 nitrogen and oxygen atoms in total. The number of carbonyl (C=O) groups is 1. The largest absolute Gasteiger partial charge is 0.352 e. The second-order valence-corrected chi connectivity index (χ2v) is 6.54. The molecule has 120 valence electrons. The van der Waals surface area contributed by atoms with Crippen LogP contribution in [0.1, 0.15) is 33.6 Å². The van der Waals surface area contributed by atoms with Crippen LogP contribution in [0.5, 0.6) is 0 Å². The van der Waals surface area contributed by atoms with E-state index in [9.17, 15) is 4.79 Å². The summed E-state index contributed by atoms with van der Waals surface area (Å²) < 4.78 is 0. The van der Waals surface area contributed by atoms with E-state index in [1.165, 1.54) is 0 Å². The van der Waals surface area contributed by atoms with Crippen molar-refractivity contribution in [3.8, 4) is 0 Å². The lowest BCUT2D eigenvalue weighted by Gasteiger charge is -2.21. The smallest absolute Gasteiger partial charge is 0.239 e. The molecule has 0 spiro atoms. The van der Waals surface area contributed by atoms with Gasteiger partial charge in [0.2, 0.25) is 5.91 Å². The molecule has 1 aliphatic heterocycles. The number of hydrogen-bond acceptors (Lipinski definition) is 3. The van der Waals surface area contributed by atoms with E-state index in [4.69, 9.17) is 0 Å². The van der Waals surface area contributed by atoms with Gasteiger partial charge in [-0.1, -0.05) is 6.92 Å². The SMILES string of the molecule is CN=C(NCC(=O)NC1CC1)NC1CN(C(C)C)CC1C. The second kappa shape index (κ2) is 7.11. The first kappa shape index (κ1) is 16.1. The van der Waals surface area contributed by atoms with E-state index in [0.29, 0.717) is 30.0 Å². The van der Waals surface area contributed by atoms with E-state index in [1.807, 2.05) is 0 Å². The van der Waals surface area contributed by atoms with Gasteiger partial charge >= 0.3 is 0 Å². The van der Waals surface area contributed by atoms with Gasteiger partial charge in [0.1, 0.15) is 0 Å². The number of aliphatic imine (C=N–C) groups is 1. The monoisotopic (exact) mass is 295 g/mol. The highest BCUT2D eigenvalue weighted by Crippen LogP contribution is 2.19. The molecule has 2 fully saturated rings. The van der Waals surface area contributed by atoms with Crippen LogP contribution < -0.4 is 16.0 Å². The van der Waals surface area contributed by atoms with Gasteiger partial charge in [0.15, 0.2) is 5.96 Å². The van der Waals surface area contributed by atoms with Crippen LogP contribution in [0, 0.1) is 5.92 Å². The molecule has 0 bridgehead atoms. The van der Waals surface area contributed by atoms with Crippen LogP contribution in [0.3, 0.4) is 0 Å². The summed E-state index contributed by atoms with van der Waals surface area (Å²) in [6.07, 6.45) is 2.23. The Labute approximate surface area is 127 Å². The van der Waals surface area contributed by atoms with Crippen molar-refractivity contribution in [1.82, 2.24) is 20.9 Å². The topological polar surface area (TPSA) is 68.8 Å². The molecule has 2 atom stereocenters. The third kappa shape index (κ3) is 4.88. The molecule has 6 heteroatoms. The van der Waals surface area contributed by atoms with Crippen molar-refractivity contribution >= 4 is 11.9 Å². The van der Waals surface area contributed by atoms with E-state index >= 15 is 0 Å². The van der Waals surface area contributed by atoms with Crippen LogP contribution in [0.25, 0.3) is 0 Å². The number of nitrogens with one attached hydrogen (secondary N) is 3. The molecule has 21 heavy (non-hydrogen) atoms. The van der Waals surface area contributed by atoms with Gasteiger partial charge in [0, 0.05) is 38.3 Å². The van der Waals surface area contributed by atoms with Crippen LogP contribution in [-0.4, -0.2) is 61.6 Å². The third-order valence-electron chi connectivity index (χ3n) is 4.28. The lowest BCUT2D eigenvalue weighted by atomic mass is 10.1. The van der Waals surface area contributed by atoms with Crippen LogP contribution in [-0.2, 0) is 4.79 Å². The van der Waals surface area contributed by atoms with E-state index in [2.05, 4.69) is 46.6 Å². The molecule has 1 heterocycles. The summed E-state index contributed by atoms with van der Waals surface area (Å²) in [7, 11) is 1.74. The van der Waals surface area contributed by atoms with E-state index < -0.39 is 0 Å². The fourth-order valence-electron chi connectivity index (χ4n) is 2.65. The van der Waals surface area contributed by atoms with Crippen molar-refractivity contribution in [1.29, 1.82) is 0 Å². The van der Waals surface area contributed by atoms with Gasteiger partial charge in [0.25, 0.3) is 0 Å². The summed E-state index contributed by atoms with van der Waals surface area (Å²) >= 11 is 0. The van der Waals surface area contributed by atoms with Gasteiger partial charge in [-0.05, 0) is 32.6 Å². The van der Waals surface area contributed by atoms with Crippen LogP contribution in [0.4, 0.5) is 0 Å². The molecule has 1 aliphatic carbocycles. The number of likely N-dealkylation sites (tertiary alicyclic amines) is 1. The Morgan fingerprint density at radius 1 is 1.29 bits per heavy atom. The molecule has 1 amide bonds. The van der Waals surface area contributed by atoms with Crippen LogP contribution in [0.15, 0.2) is 4.99 Å². The number of guanidine groups is 1. The summed E-state index contributed by atoms with van der Waals surface area (Å²) in [5.74, 6) is 1.33. The average Bonchev–Trinajstić information content (AvgIpc) is 3.16. The molecule has 2 aliphatic rings.